The predicted octanol–water partition coefficient (Wildman–Crippen LogP) is 4.70. The van der Waals surface area contributed by atoms with E-state index in [1.807, 2.05) is 42.5 Å². The molecule has 4 nitrogen and oxygen atoms in total. The van der Waals surface area contributed by atoms with Gasteiger partial charge in [0.1, 0.15) is 5.54 Å². The molecule has 0 unspecified atom stereocenters. The number of anilines is 2. The molecule has 136 valence electrons. The molecule has 0 aromatic heterocycles. The highest BCUT2D eigenvalue weighted by Gasteiger charge is 2.43. The Hall–Kier alpha value is -2.79. The van der Waals surface area contributed by atoms with E-state index in [1.54, 1.807) is 18.7 Å². The smallest absolute Gasteiger partial charge is 0.250 e. The van der Waals surface area contributed by atoms with Crippen LogP contribution in [0.5, 0.6) is 0 Å². The van der Waals surface area contributed by atoms with Gasteiger partial charge in [0.25, 0.3) is 0 Å². The van der Waals surface area contributed by atoms with E-state index in [9.17, 15) is 9.59 Å². The maximum atomic E-state index is 13.1. The Balaban J connectivity index is 1.58. The zero-order chi connectivity index (χ0) is 19.0. The van der Waals surface area contributed by atoms with E-state index in [1.165, 1.54) is 17.1 Å². The minimum atomic E-state index is -0.935. The van der Waals surface area contributed by atoms with E-state index in [0.29, 0.717) is 5.69 Å². The molecule has 0 saturated carbocycles. The van der Waals surface area contributed by atoms with Gasteiger partial charge in [0, 0.05) is 4.90 Å². The van der Waals surface area contributed by atoms with Crippen LogP contribution in [0.15, 0.2) is 71.6 Å². The summed E-state index contributed by atoms with van der Waals surface area (Å²) in [5.41, 5.74) is 0.479. The van der Waals surface area contributed by atoms with Crippen molar-refractivity contribution in [3.8, 4) is 0 Å². The Bertz CT molecular complexity index is 1050. The molecule has 3 aromatic rings. The summed E-state index contributed by atoms with van der Waals surface area (Å²) in [5.74, 6) is 0.00865. The molecule has 3 aromatic carbocycles. The Morgan fingerprint density at radius 3 is 2.52 bits per heavy atom. The molecule has 5 heteroatoms. The molecular formula is C22H20N2O2S. The average molecular weight is 376 g/mol. The molecule has 1 heterocycles. The molecular weight excluding hydrogens is 356 g/mol. The van der Waals surface area contributed by atoms with Crippen LogP contribution in [0.3, 0.4) is 0 Å². The molecule has 0 radical (unpaired) electrons. The van der Waals surface area contributed by atoms with E-state index < -0.39 is 5.54 Å². The molecule has 0 spiro atoms. The number of benzene rings is 3. The third kappa shape index (κ3) is 3.19. The van der Waals surface area contributed by atoms with Crippen LogP contribution in [0.4, 0.5) is 11.4 Å². The summed E-state index contributed by atoms with van der Waals surface area (Å²) in [7, 11) is 0. The second-order valence-electron chi connectivity index (χ2n) is 7.06. The molecule has 0 aliphatic carbocycles. The Kier molecular flexibility index (Phi) is 4.40. The van der Waals surface area contributed by atoms with Crippen molar-refractivity contribution in [2.45, 2.75) is 24.3 Å². The lowest BCUT2D eigenvalue weighted by Gasteiger charge is -2.42. The molecule has 4 rings (SSSR count). The number of amides is 2. The molecule has 2 amide bonds. The summed E-state index contributed by atoms with van der Waals surface area (Å²) in [4.78, 5) is 28.2. The van der Waals surface area contributed by atoms with Crippen LogP contribution >= 0.6 is 11.8 Å². The van der Waals surface area contributed by atoms with E-state index in [4.69, 9.17) is 0 Å². The first-order valence-electron chi connectivity index (χ1n) is 8.82. The molecule has 0 bridgehead atoms. The Labute approximate surface area is 162 Å². The predicted molar refractivity (Wildman–Crippen MR) is 111 cm³/mol. The van der Waals surface area contributed by atoms with E-state index in [-0.39, 0.29) is 17.6 Å². The maximum absolute atomic E-state index is 13.1. The first-order valence-corrected chi connectivity index (χ1v) is 9.80. The molecule has 1 aliphatic rings. The quantitative estimate of drug-likeness (QED) is 0.674. The number of nitrogens with zero attached hydrogens (tertiary/aromatic N) is 1. The fourth-order valence-corrected chi connectivity index (χ4v) is 4.16. The average Bonchev–Trinajstić information content (AvgIpc) is 2.67. The van der Waals surface area contributed by atoms with Crippen molar-refractivity contribution in [1.29, 1.82) is 0 Å². The number of nitrogens with one attached hydrogen (secondary N) is 1. The Morgan fingerprint density at radius 1 is 1.00 bits per heavy atom. The number of carbonyl (C=O) groups is 2. The number of hydrogen-bond donors (Lipinski definition) is 1. The van der Waals surface area contributed by atoms with Gasteiger partial charge in [-0.25, -0.2) is 0 Å². The fourth-order valence-electron chi connectivity index (χ4n) is 3.37. The summed E-state index contributed by atoms with van der Waals surface area (Å²) >= 11 is 1.49. The lowest BCUT2D eigenvalue weighted by Crippen LogP contribution is -2.58. The van der Waals surface area contributed by atoms with Crippen molar-refractivity contribution in [1.82, 2.24) is 0 Å². The highest BCUT2D eigenvalue weighted by molar-refractivity contribution is 8.00. The second kappa shape index (κ2) is 6.74. The molecule has 1 aliphatic heterocycles. The first kappa shape index (κ1) is 17.6. The van der Waals surface area contributed by atoms with E-state index in [0.717, 1.165) is 16.0 Å². The highest BCUT2D eigenvalue weighted by Crippen LogP contribution is 2.37. The number of carbonyl (C=O) groups excluding carboxylic acids is 2. The van der Waals surface area contributed by atoms with Crippen LogP contribution in [0.1, 0.15) is 13.8 Å². The zero-order valence-corrected chi connectivity index (χ0v) is 16.0. The number of para-hydroxylation sites is 2. The number of hydrogen-bond acceptors (Lipinski definition) is 3. The summed E-state index contributed by atoms with van der Waals surface area (Å²) in [5, 5.41) is 5.22. The standard InChI is InChI=1S/C22H20N2O2S/c1-22(2)21(26)23-18-9-5-6-10-19(18)24(22)20(25)14-27-17-12-11-15-7-3-4-8-16(15)13-17/h3-13H,14H2,1-2H3,(H,23,26). The summed E-state index contributed by atoms with van der Waals surface area (Å²) in [6, 6.07) is 21.8. The third-order valence-electron chi connectivity index (χ3n) is 4.84. The SMILES string of the molecule is CC1(C)C(=O)Nc2ccccc2N1C(=O)CSc1ccc2ccccc2c1. The first-order chi connectivity index (χ1) is 13.0. The molecule has 0 fully saturated rings. The van der Waals surface area contributed by atoms with E-state index >= 15 is 0 Å². The van der Waals surface area contributed by atoms with Crippen LogP contribution in [0, 0.1) is 0 Å². The van der Waals surface area contributed by atoms with Gasteiger partial charge < -0.3 is 5.32 Å². The van der Waals surface area contributed by atoms with Crippen molar-refractivity contribution < 1.29 is 9.59 Å². The van der Waals surface area contributed by atoms with Crippen molar-refractivity contribution in [2.24, 2.45) is 0 Å². The summed E-state index contributed by atoms with van der Waals surface area (Å²) < 4.78 is 0. The topological polar surface area (TPSA) is 49.4 Å². The van der Waals surface area contributed by atoms with Gasteiger partial charge in [0.05, 0.1) is 17.1 Å². The minimum absolute atomic E-state index is 0.0829. The van der Waals surface area contributed by atoms with Crippen LogP contribution < -0.4 is 10.2 Å². The monoisotopic (exact) mass is 376 g/mol. The van der Waals surface area contributed by atoms with Crippen molar-refractivity contribution in [2.75, 3.05) is 16.0 Å². The van der Waals surface area contributed by atoms with Gasteiger partial charge in [-0.3, -0.25) is 14.5 Å². The largest absolute Gasteiger partial charge is 0.322 e. The van der Waals surface area contributed by atoms with Crippen LogP contribution in [0.25, 0.3) is 10.8 Å². The summed E-state index contributed by atoms with van der Waals surface area (Å²) in [6.45, 7) is 3.55. The van der Waals surface area contributed by atoms with Gasteiger partial charge in [0.2, 0.25) is 11.8 Å². The molecule has 0 saturated heterocycles. The second-order valence-corrected chi connectivity index (χ2v) is 8.11. The maximum Gasteiger partial charge on any atom is 0.250 e. The number of thioether (sulfide) groups is 1. The van der Waals surface area contributed by atoms with Crippen LogP contribution in [0.2, 0.25) is 0 Å². The van der Waals surface area contributed by atoms with Gasteiger partial charge in [-0.15, -0.1) is 11.8 Å². The van der Waals surface area contributed by atoms with Crippen molar-refractivity contribution >= 4 is 45.7 Å². The lowest BCUT2D eigenvalue weighted by atomic mass is 9.96. The van der Waals surface area contributed by atoms with Crippen LogP contribution in [-0.4, -0.2) is 23.1 Å². The third-order valence-corrected chi connectivity index (χ3v) is 5.82. The molecule has 0 atom stereocenters. The minimum Gasteiger partial charge on any atom is -0.322 e. The van der Waals surface area contributed by atoms with Gasteiger partial charge in [-0.1, -0.05) is 42.5 Å². The van der Waals surface area contributed by atoms with Gasteiger partial charge >= 0.3 is 0 Å². The molecule has 1 N–H and O–H groups in total. The van der Waals surface area contributed by atoms with E-state index in [2.05, 4.69) is 29.6 Å². The van der Waals surface area contributed by atoms with Crippen molar-refractivity contribution in [3.63, 3.8) is 0 Å². The lowest BCUT2D eigenvalue weighted by molar-refractivity contribution is -0.125. The Morgan fingerprint density at radius 2 is 1.70 bits per heavy atom. The summed E-state index contributed by atoms with van der Waals surface area (Å²) in [6.07, 6.45) is 0. The number of fused-ring (bicyclic) bond motifs is 2. The highest BCUT2D eigenvalue weighted by atomic mass is 32.2. The van der Waals surface area contributed by atoms with Crippen molar-refractivity contribution in [3.05, 3.63) is 66.7 Å². The number of rotatable bonds is 3. The normalized spacial score (nSPS) is 15.3. The van der Waals surface area contributed by atoms with Gasteiger partial charge in [-0.2, -0.15) is 0 Å². The zero-order valence-electron chi connectivity index (χ0n) is 15.2. The van der Waals surface area contributed by atoms with Crippen LogP contribution in [-0.2, 0) is 9.59 Å². The van der Waals surface area contributed by atoms with Gasteiger partial charge in [-0.05, 0) is 48.9 Å². The molecule has 27 heavy (non-hydrogen) atoms. The fraction of sp³-hybridized carbons (Fsp3) is 0.182. The van der Waals surface area contributed by atoms with Gasteiger partial charge in [0.15, 0.2) is 0 Å².